The van der Waals surface area contributed by atoms with Gasteiger partial charge in [-0.05, 0) is 25.0 Å². The van der Waals surface area contributed by atoms with Crippen LogP contribution in [0.5, 0.6) is 0 Å². The fourth-order valence-electron chi connectivity index (χ4n) is 4.32. The first kappa shape index (κ1) is 26.1. The van der Waals surface area contributed by atoms with E-state index in [1.165, 1.54) is 12.1 Å². The molecule has 0 N–H and O–H groups in total. The topological polar surface area (TPSA) is 61.4 Å². The van der Waals surface area contributed by atoms with Crippen LogP contribution in [0.1, 0.15) is 48.5 Å². The number of rotatable bonds is 4. The van der Waals surface area contributed by atoms with E-state index in [0.29, 0.717) is 24.2 Å². The third-order valence-electron chi connectivity index (χ3n) is 5.98. The van der Waals surface area contributed by atoms with Crippen molar-refractivity contribution in [2.45, 2.75) is 43.5 Å². The average molecular weight is 685 g/mol. The van der Waals surface area contributed by atoms with Crippen LogP contribution < -0.4 is 0 Å². The van der Waals surface area contributed by atoms with Crippen molar-refractivity contribution >= 4 is 0 Å². The number of hydrogen-bond acceptors (Lipinski definition) is 4. The van der Waals surface area contributed by atoms with Crippen LogP contribution in [0, 0.1) is 12.4 Å². The SMILES string of the molecule is FC(F)(F)c1c[c-]n(-c2cccc(C3(c4cccc(-n5[c-]cc(C(F)(F)F)n5)n4)CCCC3)n2)n1.[Pt+2]. The Morgan fingerprint density at radius 1 is 0.694 bits per heavy atom. The largest absolute Gasteiger partial charge is 2.00 e. The minimum absolute atomic E-state index is 0. The predicted octanol–water partition coefficient (Wildman–Crippen LogP) is 5.34. The summed E-state index contributed by atoms with van der Waals surface area (Å²) in [4.78, 5) is 9.18. The van der Waals surface area contributed by atoms with E-state index in [1.54, 1.807) is 24.3 Å². The van der Waals surface area contributed by atoms with Gasteiger partial charge in [-0.3, -0.25) is 20.2 Å². The quantitative estimate of drug-likeness (QED) is 0.215. The van der Waals surface area contributed by atoms with Gasteiger partial charge in [-0.25, -0.2) is 0 Å². The summed E-state index contributed by atoms with van der Waals surface area (Å²) >= 11 is 0. The molecular formula is C23H16F6N6Pt. The first-order valence-electron chi connectivity index (χ1n) is 10.6. The van der Waals surface area contributed by atoms with Crippen LogP contribution in [0.4, 0.5) is 26.3 Å². The van der Waals surface area contributed by atoms with E-state index in [9.17, 15) is 26.3 Å². The number of pyridine rings is 2. The van der Waals surface area contributed by atoms with Gasteiger partial charge in [0.15, 0.2) is 0 Å². The number of hydrogen-bond donors (Lipinski definition) is 0. The van der Waals surface area contributed by atoms with Crippen LogP contribution >= 0.6 is 0 Å². The van der Waals surface area contributed by atoms with Crippen LogP contribution in [0.25, 0.3) is 11.6 Å². The van der Waals surface area contributed by atoms with Gasteiger partial charge < -0.3 is 9.36 Å². The van der Waals surface area contributed by atoms with Gasteiger partial charge in [-0.15, -0.1) is 12.1 Å². The Hall–Kier alpha value is -3.01. The molecule has 1 aliphatic rings. The fraction of sp³-hybridized carbons (Fsp3) is 0.304. The van der Waals surface area contributed by atoms with Crippen molar-refractivity contribution in [3.63, 3.8) is 0 Å². The second-order valence-electron chi connectivity index (χ2n) is 8.19. The predicted molar refractivity (Wildman–Crippen MR) is 110 cm³/mol. The molecule has 4 heterocycles. The van der Waals surface area contributed by atoms with Crippen molar-refractivity contribution in [3.8, 4) is 11.6 Å². The monoisotopic (exact) mass is 685 g/mol. The Bertz CT molecular complexity index is 1260. The summed E-state index contributed by atoms with van der Waals surface area (Å²) in [6.07, 6.45) is -1.29. The minimum atomic E-state index is -4.61. The summed E-state index contributed by atoms with van der Waals surface area (Å²) < 4.78 is 79.7. The van der Waals surface area contributed by atoms with Crippen LogP contribution in [0.15, 0.2) is 48.5 Å². The molecule has 190 valence electrons. The molecule has 4 aromatic heterocycles. The zero-order chi connectivity index (χ0) is 24.8. The molecule has 1 saturated carbocycles. The smallest absolute Gasteiger partial charge is 0.343 e. The second kappa shape index (κ2) is 9.46. The third-order valence-corrected chi connectivity index (χ3v) is 5.98. The first-order valence-corrected chi connectivity index (χ1v) is 10.6. The fourth-order valence-corrected chi connectivity index (χ4v) is 4.32. The number of aromatic nitrogens is 6. The molecule has 1 aliphatic carbocycles. The Morgan fingerprint density at radius 2 is 1.11 bits per heavy atom. The molecule has 13 heteroatoms. The molecule has 36 heavy (non-hydrogen) atoms. The van der Waals surface area contributed by atoms with Crippen molar-refractivity contribution in [1.29, 1.82) is 0 Å². The Kier molecular flexibility index (Phi) is 6.85. The molecule has 0 aliphatic heterocycles. The van der Waals surface area contributed by atoms with E-state index in [4.69, 9.17) is 0 Å². The maximum absolute atomic E-state index is 13.0. The summed E-state index contributed by atoms with van der Waals surface area (Å²) in [6, 6.07) is 11.4. The summed E-state index contributed by atoms with van der Waals surface area (Å²) in [6.45, 7) is 0. The van der Waals surface area contributed by atoms with E-state index in [0.717, 1.165) is 34.3 Å². The summed E-state index contributed by atoms with van der Waals surface area (Å²) in [5.74, 6) is 0.325. The Labute approximate surface area is 215 Å². The molecule has 5 rings (SSSR count). The standard InChI is InChI=1S/C23H16F6N6.Pt/c24-22(25,26)17-9-13-34(32-17)19-7-3-5-15(30-19)21(11-1-2-12-21)16-6-4-8-20(31-16)35-14-10-18(33-35)23(27,28)29;/h3-10H,1-2,11-12H2;/q-2;+2. The molecule has 0 radical (unpaired) electrons. The summed E-state index contributed by atoms with van der Waals surface area (Å²) in [7, 11) is 0. The molecule has 0 spiro atoms. The van der Waals surface area contributed by atoms with E-state index in [1.807, 2.05) is 0 Å². The van der Waals surface area contributed by atoms with Crippen molar-refractivity contribution in [2.24, 2.45) is 0 Å². The molecule has 0 atom stereocenters. The van der Waals surface area contributed by atoms with Crippen molar-refractivity contribution in [1.82, 2.24) is 29.5 Å². The zero-order valence-electron chi connectivity index (χ0n) is 18.2. The van der Waals surface area contributed by atoms with Gasteiger partial charge in [-0.1, -0.05) is 49.5 Å². The van der Waals surface area contributed by atoms with Gasteiger partial charge in [-0.2, -0.15) is 26.3 Å². The van der Waals surface area contributed by atoms with Gasteiger partial charge in [0.1, 0.15) is 0 Å². The van der Waals surface area contributed by atoms with E-state index in [-0.39, 0.29) is 32.7 Å². The summed E-state index contributed by atoms with van der Waals surface area (Å²) in [5, 5.41) is 7.08. The number of alkyl halides is 6. The van der Waals surface area contributed by atoms with Gasteiger partial charge >= 0.3 is 33.4 Å². The molecule has 0 saturated heterocycles. The molecular weight excluding hydrogens is 669 g/mol. The van der Waals surface area contributed by atoms with Crippen LogP contribution in [0.2, 0.25) is 0 Å². The van der Waals surface area contributed by atoms with Gasteiger partial charge in [0, 0.05) is 11.4 Å². The van der Waals surface area contributed by atoms with Gasteiger partial charge in [0.2, 0.25) is 0 Å². The molecule has 6 nitrogen and oxygen atoms in total. The van der Waals surface area contributed by atoms with Crippen LogP contribution in [0.3, 0.4) is 0 Å². The van der Waals surface area contributed by atoms with Gasteiger partial charge in [0.25, 0.3) is 0 Å². The van der Waals surface area contributed by atoms with E-state index >= 15 is 0 Å². The van der Waals surface area contributed by atoms with Crippen molar-refractivity contribution in [2.75, 3.05) is 0 Å². The molecule has 4 aromatic rings. The molecule has 1 fully saturated rings. The number of halogens is 6. The van der Waals surface area contributed by atoms with Crippen molar-refractivity contribution in [3.05, 3.63) is 83.7 Å². The molecule has 0 amide bonds. The molecule has 0 bridgehead atoms. The third kappa shape index (κ3) is 4.83. The second-order valence-corrected chi connectivity index (χ2v) is 8.19. The zero-order valence-corrected chi connectivity index (χ0v) is 20.5. The molecule has 0 unspecified atom stereocenters. The molecule has 0 aromatic carbocycles. The number of nitrogens with zero attached hydrogens (tertiary/aromatic N) is 6. The first-order chi connectivity index (χ1) is 16.6. The maximum Gasteiger partial charge on any atom is 2.00 e. The average Bonchev–Trinajstić information content (AvgIpc) is 3.59. The van der Waals surface area contributed by atoms with Gasteiger partial charge in [0.05, 0.1) is 28.4 Å². The summed E-state index contributed by atoms with van der Waals surface area (Å²) in [5.41, 5.74) is -1.68. The minimum Gasteiger partial charge on any atom is -0.343 e. The Morgan fingerprint density at radius 3 is 1.47 bits per heavy atom. The van der Waals surface area contributed by atoms with Crippen LogP contribution in [-0.4, -0.2) is 29.5 Å². The van der Waals surface area contributed by atoms with Crippen LogP contribution in [-0.2, 0) is 38.8 Å². The van der Waals surface area contributed by atoms with E-state index in [2.05, 4.69) is 32.6 Å². The maximum atomic E-state index is 13.0. The van der Waals surface area contributed by atoms with Crippen molar-refractivity contribution < 1.29 is 47.4 Å². The Balaban J connectivity index is 0.00000304. The normalized spacial score (nSPS) is 15.6. The van der Waals surface area contributed by atoms with E-state index < -0.39 is 29.2 Å².